The summed E-state index contributed by atoms with van der Waals surface area (Å²) in [4.78, 5) is 0. The number of aliphatic hydroxyl groups is 1. The van der Waals surface area contributed by atoms with Crippen molar-refractivity contribution in [3.05, 3.63) is 0 Å². The lowest BCUT2D eigenvalue weighted by atomic mass is 9.89. The van der Waals surface area contributed by atoms with Gasteiger partial charge in [0.2, 0.25) is 0 Å². The third-order valence-corrected chi connectivity index (χ3v) is 3.07. The van der Waals surface area contributed by atoms with E-state index in [1.54, 1.807) is 0 Å². The minimum absolute atomic E-state index is 0.0547. The van der Waals surface area contributed by atoms with Gasteiger partial charge in [-0.3, -0.25) is 0 Å². The third kappa shape index (κ3) is 2.42. The maximum absolute atomic E-state index is 9.08. The second kappa shape index (κ2) is 3.95. The highest BCUT2D eigenvalue weighted by molar-refractivity contribution is 4.86. The molecule has 2 N–H and O–H groups in total. The second-order valence-electron chi connectivity index (χ2n) is 4.38. The number of nitrogens with one attached hydrogen (secondary N) is 1. The second-order valence-corrected chi connectivity index (χ2v) is 4.38. The van der Waals surface area contributed by atoms with E-state index in [1.807, 2.05) is 0 Å². The van der Waals surface area contributed by atoms with Crippen LogP contribution in [0.2, 0.25) is 0 Å². The van der Waals surface area contributed by atoms with E-state index in [4.69, 9.17) is 9.84 Å². The number of rotatable bonds is 3. The Morgan fingerprint density at radius 1 is 1.38 bits per heavy atom. The molecule has 1 aliphatic carbocycles. The smallest absolute Gasteiger partial charge is 0.0704 e. The average molecular weight is 185 g/mol. The van der Waals surface area contributed by atoms with Gasteiger partial charge in [-0.25, -0.2) is 0 Å². The molecule has 2 atom stereocenters. The van der Waals surface area contributed by atoms with Gasteiger partial charge in [0.05, 0.1) is 18.3 Å². The van der Waals surface area contributed by atoms with Gasteiger partial charge in [0.1, 0.15) is 0 Å². The van der Waals surface area contributed by atoms with Crippen LogP contribution in [0.5, 0.6) is 0 Å². The lowest BCUT2D eigenvalue weighted by molar-refractivity contribution is 0.0337. The summed E-state index contributed by atoms with van der Waals surface area (Å²) in [6, 6.07) is 0.537. The molecule has 2 unspecified atom stereocenters. The van der Waals surface area contributed by atoms with Crippen LogP contribution in [0.1, 0.15) is 32.6 Å². The standard InChI is InChI=1S/C10H19NO2/c1-7-2-3-10(13-7)6-11-8-4-9(12)5-8/h7-12H,2-6H2,1H3. The number of hydrogen-bond acceptors (Lipinski definition) is 3. The first kappa shape index (κ1) is 9.44. The summed E-state index contributed by atoms with van der Waals surface area (Å²) in [5, 5.41) is 12.5. The Hall–Kier alpha value is -0.120. The van der Waals surface area contributed by atoms with Crippen LogP contribution in [0.4, 0.5) is 0 Å². The fourth-order valence-electron chi connectivity index (χ4n) is 2.09. The van der Waals surface area contributed by atoms with Crippen LogP contribution in [-0.4, -0.2) is 36.0 Å². The van der Waals surface area contributed by atoms with Gasteiger partial charge in [0, 0.05) is 12.6 Å². The van der Waals surface area contributed by atoms with Crippen molar-refractivity contribution in [2.24, 2.45) is 0 Å². The molecule has 1 heterocycles. The summed E-state index contributed by atoms with van der Waals surface area (Å²) in [5.74, 6) is 0. The minimum Gasteiger partial charge on any atom is -0.393 e. The van der Waals surface area contributed by atoms with Gasteiger partial charge < -0.3 is 15.2 Å². The fraction of sp³-hybridized carbons (Fsp3) is 1.00. The first-order chi connectivity index (χ1) is 6.24. The molecule has 0 aromatic carbocycles. The van der Waals surface area contributed by atoms with Crippen LogP contribution in [-0.2, 0) is 4.74 Å². The van der Waals surface area contributed by atoms with Gasteiger partial charge in [-0.1, -0.05) is 0 Å². The van der Waals surface area contributed by atoms with E-state index in [9.17, 15) is 0 Å². The van der Waals surface area contributed by atoms with Crippen molar-refractivity contribution in [3.63, 3.8) is 0 Å². The van der Waals surface area contributed by atoms with E-state index in [1.165, 1.54) is 12.8 Å². The van der Waals surface area contributed by atoms with Crippen LogP contribution >= 0.6 is 0 Å². The fourth-order valence-corrected chi connectivity index (χ4v) is 2.09. The third-order valence-electron chi connectivity index (χ3n) is 3.07. The van der Waals surface area contributed by atoms with Crippen LogP contribution in [0.3, 0.4) is 0 Å². The van der Waals surface area contributed by atoms with Crippen molar-refractivity contribution in [1.29, 1.82) is 0 Å². The van der Waals surface area contributed by atoms with Gasteiger partial charge in [-0.15, -0.1) is 0 Å². The molecule has 0 amide bonds. The van der Waals surface area contributed by atoms with Crippen molar-refractivity contribution < 1.29 is 9.84 Å². The van der Waals surface area contributed by atoms with Gasteiger partial charge in [0.15, 0.2) is 0 Å². The monoisotopic (exact) mass is 185 g/mol. The van der Waals surface area contributed by atoms with Crippen molar-refractivity contribution in [3.8, 4) is 0 Å². The largest absolute Gasteiger partial charge is 0.393 e. The number of ether oxygens (including phenoxy) is 1. The Kier molecular flexibility index (Phi) is 2.86. The highest BCUT2D eigenvalue weighted by atomic mass is 16.5. The minimum atomic E-state index is -0.0547. The maximum Gasteiger partial charge on any atom is 0.0704 e. The molecule has 3 nitrogen and oxygen atoms in total. The molecule has 76 valence electrons. The Labute approximate surface area is 79.5 Å². The number of aliphatic hydroxyl groups excluding tert-OH is 1. The first-order valence-corrected chi connectivity index (χ1v) is 5.31. The topological polar surface area (TPSA) is 41.5 Å². The molecule has 3 heteroatoms. The van der Waals surface area contributed by atoms with Crippen molar-refractivity contribution >= 4 is 0 Å². The molecule has 0 aromatic rings. The lowest BCUT2D eigenvalue weighted by Crippen LogP contribution is -2.46. The molecular formula is C10H19NO2. The summed E-state index contributed by atoms with van der Waals surface area (Å²) in [5.41, 5.74) is 0. The van der Waals surface area contributed by atoms with Gasteiger partial charge in [-0.05, 0) is 32.6 Å². The van der Waals surface area contributed by atoms with Crippen molar-refractivity contribution in [2.75, 3.05) is 6.54 Å². The quantitative estimate of drug-likeness (QED) is 0.679. The van der Waals surface area contributed by atoms with E-state index in [2.05, 4.69) is 12.2 Å². The van der Waals surface area contributed by atoms with Crippen molar-refractivity contribution in [1.82, 2.24) is 5.32 Å². The van der Waals surface area contributed by atoms with Crippen molar-refractivity contribution in [2.45, 2.75) is 57.0 Å². The van der Waals surface area contributed by atoms with E-state index in [0.717, 1.165) is 19.4 Å². The molecule has 13 heavy (non-hydrogen) atoms. The zero-order valence-corrected chi connectivity index (χ0v) is 8.20. The highest BCUT2D eigenvalue weighted by Gasteiger charge is 2.28. The van der Waals surface area contributed by atoms with Gasteiger partial charge >= 0.3 is 0 Å². The normalized spacial score (nSPS) is 44.8. The highest BCUT2D eigenvalue weighted by Crippen LogP contribution is 2.22. The van der Waals surface area contributed by atoms with Crippen LogP contribution in [0.25, 0.3) is 0 Å². The van der Waals surface area contributed by atoms with Crippen LogP contribution < -0.4 is 5.32 Å². The predicted molar refractivity (Wildman–Crippen MR) is 50.6 cm³/mol. The summed E-state index contributed by atoms with van der Waals surface area (Å²) < 4.78 is 5.68. The zero-order valence-electron chi connectivity index (χ0n) is 8.20. The Balaban J connectivity index is 1.58. The molecule has 0 bridgehead atoms. The average Bonchev–Trinajstić information content (AvgIpc) is 2.43. The molecule has 1 saturated heterocycles. The summed E-state index contributed by atoms with van der Waals surface area (Å²) >= 11 is 0. The molecule has 2 aliphatic rings. The van der Waals surface area contributed by atoms with E-state index < -0.39 is 0 Å². The summed E-state index contributed by atoms with van der Waals surface area (Å²) in [6.07, 6.45) is 5.01. The first-order valence-electron chi connectivity index (χ1n) is 5.31. The Bertz CT molecular complexity index is 168. The molecule has 0 radical (unpaired) electrons. The van der Waals surface area contributed by atoms with Crippen LogP contribution in [0, 0.1) is 0 Å². The van der Waals surface area contributed by atoms with E-state index in [-0.39, 0.29) is 6.10 Å². The molecule has 0 aromatic heterocycles. The molecule has 0 spiro atoms. The zero-order chi connectivity index (χ0) is 9.26. The summed E-state index contributed by atoms with van der Waals surface area (Å²) in [7, 11) is 0. The molecule has 1 saturated carbocycles. The Morgan fingerprint density at radius 2 is 2.15 bits per heavy atom. The molecule has 1 aliphatic heterocycles. The molecule has 2 fully saturated rings. The lowest BCUT2D eigenvalue weighted by Gasteiger charge is -2.32. The SMILES string of the molecule is CC1CCC(CNC2CC(O)C2)O1. The van der Waals surface area contributed by atoms with Crippen LogP contribution in [0.15, 0.2) is 0 Å². The predicted octanol–water partition coefficient (Wildman–Crippen LogP) is 0.667. The Morgan fingerprint density at radius 3 is 2.69 bits per heavy atom. The summed E-state index contributed by atoms with van der Waals surface area (Å²) in [6.45, 7) is 3.09. The molecular weight excluding hydrogens is 166 g/mol. The maximum atomic E-state index is 9.08. The molecule has 2 rings (SSSR count). The van der Waals surface area contributed by atoms with Gasteiger partial charge in [0.25, 0.3) is 0 Å². The van der Waals surface area contributed by atoms with E-state index in [0.29, 0.717) is 18.2 Å². The number of hydrogen-bond donors (Lipinski definition) is 2. The van der Waals surface area contributed by atoms with Gasteiger partial charge in [-0.2, -0.15) is 0 Å². The van der Waals surface area contributed by atoms with E-state index >= 15 is 0 Å².